The van der Waals surface area contributed by atoms with Crippen LogP contribution in [0.1, 0.15) is 109 Å². The van der Waals surface area contributed by atoms with Crippen LogP contribution in [0.25, 0.3) is 0 Å². The zero-order valence-electron chi connectivity index (χ0n) is 34.8. The third-order valence-corrected chi connectivity index (χ3v) is 12.8. The normalized spacial score (nSPS) is 46.1. The molecular formula is C40H69NO12. The first kappa shape index (κ1) is 44.0. The number of ketones is 1. The number of nitrogens with zero attached hydrogens (tertiary/aromatic N) is 1. The molecule has 3 saturated heterocycles. The van der Waals surface area contributed by atoms with Gasteiger partial charge in [0.1, 0.15) is 35.8 Å². The highest BCUT2D eigenvalue weighted by molar-refractivity contribution is 5.92. The minimum atomic E-state index is -1.48. The lowest BCUT2D eigenvalue weighted by Crippen LogP contribution is -2.61. The Morgan fingerprint density at radius 2 is 1.62 bits per heavy atom. The summed E-state index contributed by atoms with van der Waals surface area (Å²) in [5.74, 6) is -2.59. The molecular weight excluding hydrogens is 686 g/mol. The Balaban J connectivity index is 1.86. The number of cyclic esters (lactones) is 1. The van der Waals surface area contributed by atoms with Gasteiger partial charge in [-0.3, -0.25) is 14.5 Å². The van der Waals surface area contributed by atoms with Gasteiger partial charge >= 0.3 is 5.97 Å². The van der Waals surface area contributed by atoms with Gasteiger partial charge in [-0.1, -0.05) is 13.8 Å². The number of hydrogen-bond acceptors (Lipinski definition) is 13. The van der Waals surface area contributed by atoms with E-state index in [1.165, 1.54) is 14.2 Å². The van der Waals surface area contributed by atoms with E-state index in [0.29, 0.717) is 25.0 Å². The molecule has 3 fully saturated rings. The summed E-state index contributed by atoms with van der Waals surface area (Å²) in [5.41, 5.74) is -2.66. The van der Waals surface area contributed by atoms with Crippen molar-refractivity contribution in [1.29, 1.82) is 0 Å². The third kappa shape index (κ3) is 8.54. The minimum absolute atomic E-state index is 0.164. The first-order valence-electron chi connectivity index (χ1n) is 19.5. The van der Waals surface area contributed by atoms with E-state index in [9.17, 15) is 19.8 Å². The SMILES string of the molecule is CC[C@H]1OC(=O)[C@H](C)[C@@H](O[C@@H]2C[C@@](C)(OC)[C@@H](O)[C@H](C)O2)[C@H](C)[C@@H](O[C@@H]2O[C@H](C)C[C@H](N(C)C(C)C)[C@H]2O)[C@@]2(C)CC(C)=C(O2)[C@H](C)C(=O)[C@]1(C)OC. The van der Waals surface area contributed by atoms with E-state index < -0.39 is 89.7 Å². The summed E-state index contributed by atoms with van der Waals surface area (Å²) >= 11 is 0. The number of fused-ring (bicyclic) bond motifs is 2. The van der Waals surface area contributed by atoms with Crippen LogP contribution in [0, 0.1) is 17.8 Å². The average molecular weight is 756 g/mol. The van der Waals surface area contributed by atoms with E-state index in [0.717, 1.165) is 5.57 Å². The lowest BCUT2D eigenvalue weighted by molar-refractivity contribution is -0.317. The first-order chi connectivity index (χ1) is 24.6. The number of carbonyl (C=O) groups is 2. The summed E-state index contributed by atoms with van der Waals surface area (Å²) in [5, 5.41) is 22.8. The number of methoxy groups -OCH3 is 2. The fourth-order valence-corrected chi connectivity index (χ4v) is 9.05. The molecule has 0 aliphatic carbocycles. The standard InChI is InChI=1S/C40H69NO12/c1-16-28-40(12,47-15)33(43)23(6)31-21(4)18-39(11,53-31)35(52-37-30(42)27(17-22(5)48-37)41(13)20(2)3)24(7)32(25(8)36(45)50-28)51-29-19-38(10,46-14)34(44)26(9)49-29/h20,22-30,32,34-35,37,42,44H,16-19H2,1-15H3/t22-,23+,24+,25-,26+,27+,28-,29-,30-,32+,34+,35-,37+,38-,39-,40-/m1/s1. The van der Waals surface area contributed by atoms with Gasteiger partial charge in [0.05, 0.1) is 35.7 Å². The average Bonchev–Trinajstić information content (AvgIpc) is 3.43. The summed E-state index contributed by atoms with van der Waals surface area (Å²) in [6, 6.07) is -0.0782. The van der Waals surface area contributed by atoms with E-state index in [2.05, 4.69) is 18.7 Å². The highest BCUT2D eigenvalue weighted by Crippen LogP contribution is 2.47. The highest BCUT2D eigenvalue weighted by atomic mass is 16.7. The molecule has 53 heavy (non-hydrogen) atoms. The van der Waals surface area contributed by atoms with Gasteiger partial charge in [0, 0.05) is 45.1 Å². The first-order valence-corrected chi connectivity index (χ1v) is 19.5. The van der Waals surface area contributed by atoms with Crippen LogP contribution >= 0.6 is 0 Å². The van der Waals surface area contributed by atoms with Gasteiger partial charge in [-0.25, -0.2) is 0 Å². The fraction of sp³-hybridized carbons (Fsp3) is 0.900. The van der Waals surface area contributed by atoms with E-state index in [1.54, 1.807) is 34.6 Å². The van der Waals surface area contributed by atoms with E-state index in [1.807, 2.05) is 41.7 Å². The number of aliphatic hydroxyl groups is 2. The van der Waals surface area contributed by atoms with Crippen LogP contribution in [-0.2, 0) is 47.5 Å². The van der Waals surface area contributed by atoms with Crippen molar-refractivity contribution in [2.24, 2.45) is 17.8 Å². The molecule has 16 atom stereocenters. The van der Waals surface area contributed by atoms with Crippen molar-refractivity contribution in [2.45, 2.75) is 193 Å². The molecule has 306 valence electrons. The molecule has 4 aliphatic heterocycles. The van der Waals surface area contributed by atoms with Crippen LogP contribution in [0.3, 0.4) is 0 Å². The second-order valence-electron chi connectivity index (χ2n) is 17.1. The van der Waals surface area contributed by atoms with Crippen LogP contribution in [0.4, 0.5) is 0 Å². The van der Waals surface area contributed by atoms with Crippen molar-refractivity contribution in [1.82, 2.24) is 4.90 Å². The molecule has 0 saturated carbocycles. The van der Waals surface area contributed by atoms with Crippen LogP contribution in [0.5, 0.6) is 0 Å². The molecule has 0 amide bonds. The third-order valence-electron chi connectivity index (χ3n) is 12.8. The zero-order valence-corrected chi connectivity index (χ0v) is 34.8. The Bertz CT molecular complexity index is 1330. The summed E-state index contributed by atoms with van der Waals surface area (Å²) < 4.78 is 51.1. The van der Waals surface area contributed by atoms with Crippen molar-refractivity contribution >= 4 is 11.8 Å². The van der Waals surface area contributed by atoms with Crippen molar-refractivity contribution in [3.05, 3.63) is 11.3 Å². The number of likely N-dealkylation sites (N-methyl/N-ethyl adjacent to an activating group) is 1. The monoisotopic (exact) mass is 755 g/mol. The van der Waals surface area contributed by atoms with Gasteiger partial charge in [0.25, 0.3) is 0 Å². The zero-order chi connectivity index (χ0) is 40.0. The Hall–Kier alpha value is -1.68. The molecule has 13 nitrogen and oxygen atoms in total. The highest BCUT2D eigenvalue weighted by Gasteiger charge is 2.56. The number of ether oxygens (including phenoxy) is 8. The molecule has 4 aliphatic rings. The molecule has 2 N–H and O–H groups in total. The van der Waals surface area contributed by atoms with E-state index >= 15 is 0 Å². The minimum Gasteiger partial charge on any atom is -0.488 e. The number of allylic oxidation sites excluding steroid dienone is 1. The van der Waals surface area contributed by atoms with Gasteiger partial charge in [-0.2, -0.15) is 0 Å². The smallest absolute Gasteiger partial charge is 0.311 e. The summed E-state index contributed by atoms with van der Waals surface area (Å²) in [4.78, 5) is 30.8. The van der Waals surface area contributed by atoms with Crippen molar-refractivity contribution < 1.29 is 57.7 Å². The van der Waals surface area contributed by atoms with E-state index in [-0.39, 0.29) is 30.4 Å². The Morgan fingerprint density at radius 1 is 0.981 bits per heavy atom. The van der Waals surface area contributed by atoms with Crippen LogP contribution in [0.2, 0.25) is 0 Å². The maximum atomic E-state index is 14.4. The van der Waals surface area contributed by atoms with Crippen molar-refractivity contribution in [3.8, 4) is 0 Å². The number of carbonyl (C=O) groups excluding carboxylic acids is 2. The largest absolute Gasteiger partial charge is 0.488 e. The second kappa shape index (κ2) is 16.8. The number of aliphatic hydroxyl groups excluding tert-OH is 2. The Labute approximate surface area is 317 Å². The van der Waals surface area contributed by atoms with Gasteiger partial charge in [-0.15, -0.1) is 0 Å². The number of hydrogen-bond donors (Lipinski definition) is 2. The molecule has 0 unspecified atom stereocenters. The van der Waals surface area contributed by atoms with Gasteiger partial charge in [0.15, 0.2) is 24.0 Å². The maximum Gasteiger partial charge on any atom is 0.311 e. The molecule has 0 aromatic rings. The predicted molar refractivity (Wildman–Crippen MR) is 197 cm³/mol. The summed E-state index contributed by atoms with van der Waals surface area (Å²) in [7, 11) is 4.97. The lowest BCUT2D eigenvalue weighted by atomic mass is 9.79. The molecule has 13 heteroatoms. The molecule has 0 aromatic carbocycles. The molecule has 4 heterocycles. The maximum absolute atomic E-state index is 14.4. The van der Waals surface area contributed by atoms with Crippen LogP contribution in [-0.4, -0.2) is 132 Å². The van der Waals surface area contributed by atoms with Crippen LogP contribution in [0.15, 0.2) is 11.3 Å². The van der Waals surface area contributed by atoms with Crippen molar-refractivity contribution in [2.75, 3.05) is 21.3 Å². The molecule has 2 bridgehead atoms. The fourth-order valence-electron chi connectivity index (χ4n) is 9.05. The molecule has 0 spiro atoms. The quantitative estimate of drug-likeness (QED) is 0.318. The van der Waals surface area contributed by atoms with Gasteiger partial charge in [-0.05, 0) is 94.7 Å². The number of rotatable bonds is 9. The molecule has 0 radical (unpaired) electrons. The topological polar surface area (TPSA) is 152 Å². The Kier molecular flexibility index (Phi) is 14.0. The Morgan fingerprint density at radius 3 is 2.19 bits per heavy atom. The number of esters is 1. The van der Waals surface area contributed by atoms with Crippen molar-refractivity contribution in [3.63, 3.8) is 0 Å². The lowest BCUT2D eigenvalue weighted by Gasteiger charge is -2.49. The number of Topliss-reactive ketones (excluding diaryl/α,β-unsaturated/α-hetero) is 1. The molecule has 4 rings (SSSR count). The van der Waals surface area contributed by atoms with Gasteiger partial charge < -0.3 is 48.1 Å². The molecule has 0 aromatic heterocycles. The summed E-state index contributed by atoms with van der Waals surface area (Å²) in [6.45, 7) is 22.5. The van der Waals surface area contributed by atoms with Crippen LogP contribution < -0.4 is 0 Å². The second-order valence-corrected chi connectivity index (χ2v) is 17.1. The van der Waals surface area contributed by atoms with E-state index in [4.69, 9.17) is 37.9 Å². The summed E-state index contributed by atoms with van der Waals surface area (Å²) in [6.07, 6.45) is -5.84. The predicted octanol–water partition coefficient (Wildman–Crippen LogP) is 4.53. The van der Waals surface area contributed by atoms with Gasteiger partial charge in [0.2, 0.25) is 0 Å².